The van der Waals surface area contributed by atoms with E-state index < -0.39 is 35.8 Å². The lowest BCUT2D eigenvalue weighted by atomic mass is 9.87. The van der Waals surface area contributed by atoms with Crippen molar-refractivity contribution in [3.8, 4) is 22.5 Å². The molecule has 4 aromatic carbocycles. The standard InChI is InChI=1S/C24H21FN2O4.C23H18BrFN2O4/c1-12(2)16(11-20-23(29)27-24(30)31-20)18-9-13(3)21(26-22(18)28)15-8-7-14-5-4-6-19(25)17(14)10-15;1-11(2)14(10-19-22(29)27-23(30)31-19)16-9-17(24)20(26-21(16)28)13-7-6-12-4-3-5-18(25)15(12)8-13/h4-12,16H,1-3H3,(H,26,28)(H,27,29,30);3-11,14H,1-2H3,(H,26,28)(H,27,29,30)/b20-11-;19-10-. The molecule has 0 bridgehead atoms. The van der Waals surface area contributed by atoms with E-state index in [1.54, 1.807) is 42.5 Å². The van der Waals surface area contributed by atoms with Crippen molar-refractivity contribution >= 4 is 61.5 Å². The molecule has 4 amide bonds. The van der Waals surface area contributed by atoms with Crippen LogP contribution in [0.4, 0.5) is 18.4 Å². The topological polar surface area (TPSA) is 177 Å². The van der Waals surface area contributed by atoms with E-state index in [9.17, 15) is 37.5 Å². The van der Waals surface area contributed by atoms with Crippen LogP contribution in [0, 0.1) is 30.4 Å². The number of aromatic nitrogens is 2. The van der Waals surface area contributed by atoms with Crippen molar-refractivity contribution in [1.82, 2.24) is 20.6 Å². The number of ether oxygens (including phenoxy) is 2. The Bertz CT molecular complexity index is 2820. The highest BCUT2D eigenvalue weighted by Gasteiger charge is 2.31. The number of carbonyl (C=O) groups excluding carboxylic acids is 4. The molecular formula is C47H39BrF2N4O8. The number of hydrogen-bond donors (Lipinski definition) is 4. The molecule has 2 aliphatic heterocycles. The van der Waals surface area contributed by atoms with Crippen molar-refractivity contribution in [2.75, 3.05) is 0 Å². The van der Waals surface area contributed by atoms with Gasteiger partial charge in [-0.15, -0.1) is 0 Å². The number of fused-ring (bicyclic) bond motifs is 2. The highest BCUT2D eigenvalue weighted by Crippen LogP contribution is 2.34. The molecular weight excluding hydrogens is 866 g/mol. The number of allylic oxidation sites excluding steroid dienone is 2. The van der Waals surface area contributed by atoms with Crippen LogP contribution in [0.5, 0.6) is 0 Å². The Balaban J connectivity index is 0.000000186. The van der Waals surface area contributed by atoms with Gasteiger partial charge in [0.1, 0.15) is 11.6 Å². The van der Waals surface area contributed by atoms with Gasteiger partial charge in [0.05, 0.1) is 11.4 Å². The molecule has 15 heteroatoms. The minimum Gasteiger partial charge on any atom is -0.404 e. The minimum absolute atomic E-state index is 0.0410. The normalized spacial score (nSPS) is 16.1. The number of H-pyrrole nitrogens is 2. The van der Waals surface area contributed by atoms with Gasteiger partial charge in [-0.2, -0.15) is 0 Å². The van der Waals surface area contributed by atoms with E-state index >= 15 is 0 Å². The summed E-state index contributed by atoms with van der Waals surface area (Å²) in [5.41, 5.74) is 3.42. The Labute approximate surface area is 361 Å². The molecule has 0 saturated carbocycles. The van der Waals surface area contributed by atoms with Crippen molar-refractivity contribution in [1.29, 1.82) is 0 Å². The number of halogens is 3. The summed E-state index contributed by atoms with van der Waals surface area (Å²) in [6.07, 6.45) is 1.31. The number of alkyl carbamates (subject to hydrolysis) is 2. The average Bonchev–Trinajstić information content (AvgIpc) is 3.73. The molecule has 316 valence electrons. The Kier molecular flexibility index (Phi) is 12.2. The van der Waals surface area contributed by atoms with Gasteiger partial charge in [0, 0.05) is 38.2 Å². The van der Waals surface area contributed by atoms with E-state index in [-0.39, 0.29) is 46.1 Å². The molecule has 4 N–H and O–H groups in total. The second-order valence-electron chi connectivity index (χ2n) is 15.5. The maximum absolute atomic E-state index is 14.2. The monoisotopic (exact) mass is 904 g/mol. The Hall–Kier alpha value is -7.00. The zero-order chi connectivity index (χ0) is 44.6. The van der Waals surface area contributed by atoms with Crippen LogP contribution in [0.15, 0.2) is 123 Å². The number of hydrogen-bond acceptors (Lipinski definition) is 8. The molecule has 0 spiro atoms. The molecule has 2 fully saturated rings. The van der Waals surface area contributed by atoms with Gasteiger partial charge in [0.25, 0.3) is 22.9 Å². The molecule has 4 heterocycles. The van der Waals surface area contributed by atoms with Gasteiger partial charge in [-0.1, -0.05) is 76.2 Å². The maximum Gasteiger partial charge on any atom is 0.419 e. The number of cyclic esters (lactones) is 2. The molecule has 2 aromatic heterocycles. The summed E-state index contributed by atoms with van der Waals surface area (Å²) in [6.45, 7) is 9.46. The lowest BCUT2D eigenvalue weighted by Crippen LogP contribution is -2.21. The van der Waals surface area contributed by atoms with Crippen LogP contribution < -0.4 is 21.8 Å². The summed E-state index contributed by atoms with van der Waals surface area (Å²) < 4.78 is 38.8. The molecule has 0 radical (unpaired) electrons. The number of carbonyl (C=O) groups is 4. The maximum atomic E-state index is 14.2. The van der Waals surface area contributed by atoms with E-state index in [1.165, 1.54) is 24.3 Å². The molecule has 6 aromatic rings. The molecule has 62 heavy (non-hydrogen) atoms. The first-order valence-corrected chi connectivity index (χ1v) is 20.3. The van der Waals surface area contributed by atoms with Crippen LogP contribution in [-0.2, 0) is 19.1 Å². The van der Waals surface area contributed by atoms with Gasteiger partial charge < -0.3 is 19.4 Å². The first kappa shape index (κ1) is 43.1. The van der Waals surface area contributed by atoms with Gasteiger partial charge in [0.15, 0.2) is 11.5 Å². The van der Waals surface area contributed by atoms with Crippen molar-refractivity contribution in [3.05, 3.63) is 162 Å². The Morgan fingerprint density at radius 3 is 1.45 bits per heavy atom. The van der Waals surface area contributed by atoms with Crippen LogP contribution in [0.3, 0.4) is 0 Å². The number of benzene rings is 4. The van der Waals surface area contributed by atoms with Crippen LogP contribution in [0.1, 0.15) is 56.2 Å². The minimum atomic E-state index is -0.840. The van der Waals surface area contributed by atoms with Gasteiger partial charge >= 0.3 is 12.2 Å². The second-order valence-corrected chi connectivity index (χ2v) is 16.4. The van der Waals surface area contributed by atoms with Gasteiger partial charge in [-0.25, -0.2) is 18.4 Å². The number of aryl methyl sites for hydroxylation is 1. The molecule has 12 nitrogen and oxygen atoms in total. The molecule has 0 aliphatic carbocycles. The predicted octanol–water partition coefficient (Wildman–Crippen LogP) is 9.52. The Morgan fingerprint density at radius 2 is 1.02 bits per heavy atom. The third-order valence-electron chi connectivity index (χ3n) is 10.6. The summed E-state index contributed by atoms with van der Waals surface area (Å²) in [7, 11) is 0. The predicted molar refractivity (Wildman–Crippen MR) is 233 cm³/mol. The lowest BCUT2D eigenvalue weighted by molar-refractivity contribution is -0.117. The molecule has 2 aliphatic rings. The van der Waals surface area contributed by atoms with Crippen LogP contribution >= 0.6 is 15.9 Å². The third-order valence-corrected chi connectivity index (χ3v) is 11.3. The Morgan fingerprint density at radius 1 is 0.581 bits per heavy atom. The van der Waals surface area contributed by atoms with Crippen molar-refractivity contribution < 1.29 is 37.4 Å². The summed E-state index contributed by atoms with van der Waals surface area (Å²) in [6, 6.07) is 23.8. The van der Waals surface area contributed by atoms with E-state index in [0.29, 0.717) is 48.9 Å². The number of pyridine rings is 2. The SMILES string of the molecule is CC(C)C(/C=C1\OC(=O)NC1=O)c1cc(Br)c(-c2ccc3cccc(F)c3c2)[nH]c1=O.Cc1cc(C(/C=C2\OC(=O)NC2=O)C(C)C)c(=O)[nH]c1-c1ccc2cccc(F)c2c1. The highest BCUT2D eigenvalue weighted by atomic mass is 79.9. The van der Waals surface area contributed by atoms with E-state index in [2.05, 4.69) is 31.2 Å². The van der Waals surface area contributed by atoms with Gasteiger partial charge in [-0.3, -0.25) is 29.8 Å². The number of rotatable bonds is 8. The van der Waals surface area contributed by atoms with Crippen molar-refractivity contribution in [2.24, 2.45) is 11.8 Å². The largest absolute Gasteiger partial charge is 0.419 e. The van der Waals surface area contributed by atoms with Crippen molar-refractivity contribution in [2.45, 2.75) is 46.5 Å². The first-order valence-electron chi connectivity index (χ1n) is 19.5. The summed E-state index contributed by atoms with van der Waals surface area (Å²) >= 11 is 3.50. The van der Waals surface area contributed by atoms with Crippen LogP contribution in [0.2, 0.25) is 0 Å². The van der Waals surface area contributed by atoms with E-state index in [1.807, 2.05) is 70.3 Å². The fraction of sp³-hybridized carbons (Fsp3) is 0.191. The number of amides is 4. The highest BCUT2D eigenvalue weighted by molar-refractivity contribution is 9.10. The zero-order valence-electron chi connectivity index (χ0n) is 33.9. The average molecular weight is 906 g/mol. The molecule has 2 saturated heterocycles. The van der Waals surface area contributed by atoms with Crippen molar-refractivity contribution in [3.63, 3.8) is 0 Å². The van der Waals surface area contributed by atoms with E-state index in [4.69, 9.17) is 9.47 Å². The smallest absolute Gasteiger partial charge is 0.404 e. The number of aromatic amines is 2. The zero-order valence-corrected chi connectivity index (χ0v) is 35.5. The number of imide groups is 2. The fourth-order valence-electron chi connectivity index (χ4n) is 7.44. The van der Waals surface area contributed by atoms with E-state index in [0.717, 1.165) is 16.3 Å². The third kappa shape index (κ3) is 8.89. The fourth-order valence-corrected chi connectivity index (χ4v) is 8.01. The van der Waals surface area contributed by atoms with Crippen LogP contribution in [-0.4, -0.2) is 34.0 Å². The molecule has 2 atom stereocenters. The van der Waals surface area contributed by atoms with Gasteiger partial charge in [0.2, 0.25) is 0 Å². The lowest BCUT2D eigenvalue weighted by Gasteiger charge is -2.19. The summed E-state index contributed by atoms with van der Waals surface area (Å²) in [5, 5.41) is 6.56. The molecule has 2 unspecified atom stereocenters. The summed E-state index contributed by atoms with van der Waals surface area (Å²) in [5.74, 6) is -3.21. The first-order chi connectivity index (χ1) is 29.5. The van der Waals surface area contributed by atoms with Gasteiger partial charge in [-0.05, 0) is 111 Å². The number of nitrogens with one attached hydrogen (secondary N) is 4. The second kappa shape index (κ2) is 17.5. The van der Waals surface area contributed by atoms with Crippen LogP contribution in [0.25, 0.3) is 44.1 Å². The summed E-state index contributed by atoms with van der Waals surface area (Å²) in [4.78, 5) is 78.0. The quantitative estimate of drug-likeness (QED) is 0.109. The molecule has 8 rings (SSSR count).